The van der Waals surface area contributed by atoms with Crippen molar-refractivity contribution >= 4 is 23.2 Å². The average molecular weight is 384 g/mol. The Bertz CT molecular complexity index is 852. The number of benzene rings is 2. The number of rotatable bonds is 8. The van der Waals surface area contributed by atoms with Crippen molar-refractivity contribution in [2.24, 2.45) is 0 Å². The summed E-state index contributed by atoms with van der Waals surface area (Å²) in [5.74, 6) is 1.52. The fourth-order valence-corrected chi connectivity index (χ4v) is 2.96. The summed E-state index contributed by atoms with van der Waals surface area (Å²) in [6, 6.07) is 12.6. The molecule has 1 aliphatic heterocycles. The van der Waals surface area contributed by atoms with Gasteiger partial charge in [-0.3, -0.25) is 9.59 Å². The molecule has 2 amide bonds. The van der Waals surface area contributed by atoms with E-state index in [1.165, 1.54) is 0 Å². The van der Waals surface area contributed by atoms with Gasteiger partial charge < -0.3 is 24.4 Å². The summed E-state index contributed by atoms with van der Waals surface area (Å²) in [4.78, 5) is 26.2. The van der Waals surface area contributed by atoms with Gasteiger partial charge in [-0.25, -0.2) is 0 Å². The predicted molar refractivity (Wildman–Crippen MR) is 106 cm³/mol. The van der Waals surface area contributed by atoms with Crippen molar-refractivity contribution in [3.05, 3.63) is 42.5 Å². The van der Waals surface area contributed by atoms with E-state index in [9.17, 15) is 9.59 Å². The second-order valence-corrected chi connectivity index (χ2v) is 6.13. The molecule has 0 spiro atoms. The second-order valence-electron chi connectivity index (χ2n) is 6.13. The zero-order chi connectivity index (χ0) is 19.9. The fraction of sp³-hybridized carbons (Fsp3) is 0.333. The van der Waals surface area contributed by atoms with Crippen molar-refractivity contribution in [2.75, 3.05) is 36.6 Å². The van der Waals surface area contributed by atoms with Gasteiger partial charge in [0.2, 0.25) is 5.91 Å². The van der Waals surface area contributed by atoms with E-state index in [4.69, 9.17) is 14.2 Å². The van der Waals surface area contributed by atoms with Crippen molar-refractivity contribution in [1.29, 1.82) is 0 Å². The number of carbonyl (C=O) groups excluding carboxylic acids is 2. The van der Waals surface area contributed by atoms with E-state index in [1.54, 1.807) is 23.1 Å². The highest BCUT2D eigenvalue weighted by Crippen LogP contribution is 2.32. The van der Waals surface area contributed by atoms with Crippen molar-refractivity contribution in [2.45, 2.75) is 20.3 Å². The molecule has 1 aliphatic rings. The monoisotopic (exact) mass is 384 g/mol. The van der Waals surface area contributed by atoms with Crippen molar-refractivity contribution < 1.29 is 23.8 Å². The van der Waals surface area contributed by atoms with Crippen LogP contribution in [0, 0.1) is 0 Å². The quantitative estimate of drug-likeness (QED) is 0.756. The summed E-state index contributed by atoms with van der Waals surface area (Å²) >= 11 is 0. The van der Waals surface area contributed by atoms with Crippen molar-refractivity contribution in [3.8, 4) is 17.2 Å². The minimum atomic E-state index is -0.191. The molecule has 0 fully saturated rings. The molecule has 28 heavy (non-hydrogen) atoms. The Kier molecular flexibility index (Phi) is 6.37. The molecule has 2 aromatic carbocycles. The highest BCUT2D eigenvalue weighted by Gasteiger charge is 2.25. The van der Waals surface area contributed by atoms with Gasteiger partial charge in [0.05, 0.1) is 18.9 Å². The van der Waals surface area contributed by atoms with E-state index in [1.807, 2.05) is 38.1 Å². The summed E-state index contributed by atoms with van der Waals surface area (Å²) in [5.41, 5.74) is 1.30. The summed E-state index contributed by atoms with van der Waals surface area (Å²) in [5, 5.41) is 2.84. The SMILES string of the molecule is CCOc1ccc(NC(=O)CCN2C(=O)COc3ccccc32)cc1OCC. The Morgan fingerprint density at radius 2 is 1.86 bits per heavy atom. The number of nitrogens with zero attached hydrogens (tertiary/aromatic N) is 1. The lowest BCUT2D eigenvalue weighted by molar-refractivity contribution is -0.121. The fourth-order valence-electron chi connectivity index (χ4n) is 2.96. The highest BCUT2D eigenvalue weighted by molar-refractivity contribution is 5.99. The topological polar surface area (TPSA) is 77.1 Å². The maximum Gasteiger partial charge on any atom is 0.265 e. The third-order valence-corrected chi connectivity index (χ3v) is 4.20. The molecule has 7 heteroatoms. The van der Waals surface area contributed by atoms with Crippen molar-refractivity contribution in [3.63, 3.8) is 0 Å². The normalized spacial score (nSPS) is 12.8. The highest BCUT2D eigenvalue weighted by atomic mass is 16.5. The second kappa shape index (κ2) is 9.12. The Labute approximate surface area is 164 Å². The standard InChI is InChI=1S/C21H24N2O5/c1-3-26-18-10-9-15(13-19(18)27-4-2)22-20(24)11-12-23-16-7-5-6-8-17(16)28-14-21(23)25/h5-10,13H,3-4,11-12,14H2,1-2H3,(H,22,24). The Morgan fingerprint density at radius 3 is 2.64 bits per heavy atom. The van der Waals surface area contributed by atoms with Crippen LogP contribution in [0.3, 0.4) is 0 Å². The lowest BCUT2D eigenvalue weighted by atomic mass is 10.2. The number of ether oxygens (including phenoxy) is 3. The summed E-state index contributed by atoms with van der Waals surface area (Å²) in [7, 11) is 0. The molecule has 0 radical (unpaired) electrons. The minimum Gasteiger partial charge on any atom is -0.490 e. The van der Waals surface area contributed by atoms with Gasteiger partial charge in [-0.15, -0.1) is 0 Å². The van der Waals surface area contributed by atoms with E-state index in [0.717, 1.165) is 0 Å². The Hall–Kier alpha value is -3.22. The number of hydrogen-bond acceptors (Lipinski definition) is 5. The maximum atomic E-state index is 12.4. The predicted octanol–water partition coefficient (Wildman–Crippen LogP) is 3.24. The number of hydrogen-bond donors (Lipinski definition) is 1. The third kappa shape index (κ3) is 4.54. The number of para-hydroxylation sites is 2. The van der Waals surface area contributed by atoms with Gasteiger partial charge in [0.25, 0.3) is 5.91 Å². The van der Waals surface area contributed by atoms with Gasteiger partial charge in [0, 0.05) is 24.7 Å². The largest absolute Gasteiger partial charge is 0.490 e. The molecule has 3 rings (SSSR count). The van der Waals surface area contributed by atoms with Crippen LogP contribution in [0.25, 0.3) is 0 Å². The van der Waals surface area contributed by atoms with Crippen LogP contribution in [0.5, 0.6) is 17.2 Å². The van der Waals surface area contributed by atoms with Gasteiger partial charge in [0.15, 0.2) is 18.1 Å². The maximum absolute atomic E-state index is 12.4. The van der Waals surface area contributed by atoms with Crippen LogP contribution in [0.4, 0.5) is 11.4 Å². The number of amides is 2. The average Bonchev–Trinajstić information content (AvgIpc) is 2.69. The van der Waals surface area contributed by atoms with Crippen LogP contribution in [0.15, 0.2) is 42.5 Å². The van der Waals surface area contributed by atoms with Crippen molar-refractivity contribution in [1.82, 2.24) is 0 Å². The first-order valence-corrected chi connectivity index (χ1v) is 9.34. The smallest absolute Gasteiger partial charge is 0.265 e. The molecule has 0 aliphatic carbocycles. The third-order valence-electron chi connectivity index (χ3n) is 4.20. The molecular weight excluding hydrogens is 360 g/mol. The first-order valence-electron chi connectivity index (χ1n) is 9.34. The molecule has 0 atom stereocenters. The molecule has 7 nitrogen and oxygen atoms in total. The molecule has 0 unspecified atom stereocenters. The van der Waals surface area contributed by atoms with Crippen LogP contribution in [0.2, 0.25) is 0 Å². The van der Waals surface area contributed by atoms with Gasteiger partial charge in [-0.05, 0) is 38.1 Å². The lowest BCUT2D eigenvalue weighted by Gasteiger charge is -2.29. The van der Waals surface area contributed by atoms with Gasteiger partial charge >= 0.3 is 0 Å². The summed E-state index contributed by atoms with van der Waals surface area (Å²) < 4.78 is 16.5. The van der Waals surface area contributed by atoms with E-state index in [-0.39, 0.29) is 31.4 Å². The lowest BCUT2D eigenvalue weighted by Crippen LogP contribution is -2.40. The number of anilines is 2. The van der Waals surface area contributed by atoms with E-state index in [2.05, 4.69) is 5.32 Å². The summed E-state index contributed by atoms with van der Waals surface area (Å²) in [6.07, 6.45) is 0.164. The molecule has 0 saturated heterocycles. The van der Waals surface area contributed by atoms with E-state index < -0.39 is 0 Å². The molecule has 1 heterocycles. The summed E-state index contributed by atoms with van der Waals surface area (Å²) in [6.45, 7) is 5.07. The van der Waals surface area contributed by atoms with Gasteiger partial charge in [-0.1, -0.05) is 12.1 Å². The molecule has 0 saturated carbocycles. The van der Waals surface area contributed by atoms with Gasteiger partial charge in [0.1, 0.15) is 5.75 Å². The minimum absolute atomic E-state index is 0.0186. The molecule has 2 aromatic rings. The zero-order valence-electron chi connectivity index (χ0n) is 16.1. The molecule has 0 bridgehead atoms. The number of fused-ring (bicyclic) bond motifs is 1. The Morgan fingerprint density at radius 1 is 1.11 bits per heavy atom. The molecule has 1 N–H and O–H groups in total. The number of carbonyl (C=O) groups is 2. The molecule has 148 valence electrons. The van der Waals surface area contributed by atoms with Crippen LogP contribution in [0.1, 0.15) is 20.3 Å². The zero-order valence-corrected chi connectivity index (χ0v) is 16.1. The molecular formula is C21H24N2O5. The van der Waals surface area contributed by atoms with Gasteiger partial charge in [-0.2, -0.15) is 0 Å². The van der Waals surface area contributed by atoms with E-state index in [0.29, 0.717) is 41.8 Å². The first-order chi connectivity index (χ1) is 13.6. The van der Waals surface area contributed by atoms with Crippen LogP contribution < -0.4 is 24.4 Å². The first kappa shape index (κ1) is 19.5. The Balaban J connectivity index is 1.63. The van der Waals surface area contributed by atoms with Crippen LogP contribution >= 0.6 is 0 Å². The van der Waals surface area contributed by atoms with Crippen LogP contribution in [-0.4, -0.2) is 38.2 Å². The van der Waals surface area contributed by atoms with E-state index >= 15 is 0 Å². The number of nitrogens with one attached hydrogen (secondary N) is 1. The van der Waals surface area contributed by atoms with Crippen LogP contribution in [-0.2, 0) is 9.59 Å². The molecule has 0 aromatic heterocycles.